The lowest BCUT2D eigenvalue weighted by molar-refractivity contribution is 0.620. The van der Waals surface area contributed by atoms with Crippen molar-refractivity contribution >= 4 is 29.4 Å². The van der Waals surface area contributed by atoms with Gasteiger partial charge in [-0.05, 0) is 52.0 Å². The summed E-state index contributed by atoms with van der Waals surface area (Å²) in [6, 6.07) is 15.1. The van der Waals surface area contributed by atoms with Crippen molar-refractivity contribution in [2.45, 2.75) is 33.2 Å². The number of hydrogen-bond acceptors (Lipinski definition) is 3. The van der Waals surface area contributed by atoms with Crippen molar-refractivity contribution in [3.05, 3.63) is 63.1 Å². The van der Waals surface area contributed by atoms with E-state index in [9.17, 15) is 0 Å². The van der Waals surface area contributed by atoms with E-state index < -0.39 is 0 Å². The van der Waals surface area contributed by atoms with Crippen LogP contribution in [-0.4, -0.2) is 3.96 Å². The molecule has 4 heteroatoms. The molecular formula is C20H20N2S2. The summed E-state index contributed by atoms with van der Waals surface area (Å²) < 4.78 is 3.08. The van der Waals surface area contributed by atoms with Crippen molar-refractivity contribution in [2.75, 3.05) is 5.32 Å². The lowest BCUT2D eigenvalue weighted by atomic mass is 9.89. The van der Waals surface area contributed by atoms with Gasteiger partial charge in [-0.3, -0.25) is 3.96 Å². The van der Waals surface area contributed by atoms with Crippen LogP contribution < -0.4 is 5.32 Å². The largest absolute Gasteiger partial charge is 0.375 e. The Hall–Kier alpha value is -1.91. The maximum atomic E-state index is 5.89. The van der Waals surface area contributed by atoms with E-state index in [1.165, 1.54) is 27.1 Å². The Balaban J connectivity index is 2.01. The van der Waals surface area contributed by atoms with Crippen LogP contribution in [0.25, 0.3) is 16.8 Å². The molecule has 0 radical (unpaired) electrons. The van der Waals surface area contributed by atoms with Crippen molar-refractivity contribution in [3.63, 3.8) is 0 Å². The fourth-order valence-electron chi connectivity index (χ4n) is 3.26. The van der Waals surface area contributed by atoms with Gasteiger partial charge in [0.25, 0.3) is 0 Å². The summed E-state index contributed by atoms with van der Waals surface area (Å²) in [7, 11) is 0. The van der Waals surface area contributed by atoms with Crippen LogP contribution in [0.2, 0.25) is 0 Å². The molecule has 0 bridgehead atoms. The number of rotatable bonds is 1. The number of anilines is 1. The quantitative estimate of drug-likeness (QED) is 0.524. The maximum absolute atomic E-state index is 5.89. The Morgan fingerprint density at radius 2 is 1.67 bits per heavy atom. The number of nitrogens with zero attached hydrogens (tertiary/aromatic N) is 1. The summed E-state index contributed by atoms with van der Waals surface area (Å²) >= 11 is 7.64. The zero-order chi connectivity index (χ0) is 17.1. The van der Waals surface area contributed by atoms with E-state index in [1.54, 1.807) is 11.5 Å². The van der Waals surface area contributed by atoms with Gasteiger partial charge < -0.3 is 5.32 Å². The predicted octanol–water partition coefficient (Wildman–Crippen LogP) is 6.21. The van der Waals surface area contributed by atoms with Crippen molar-refractivity contribution in [2.24, 2.45) is 0 Å². The van der Waals surface area contributed by atoms with E-state index in [-0.39, 0.29) is 5.54 Å². The third-order valence-corrected chi connectivity index (χ3v) is 6.51. The molecule has 24 heavy (non-hydrogen) atoms. The van der Waals surface area contributed by atoms with Crippen molar-refractivity contribution in [1.82, 2.24) is 3.96 Å². The van der Waals surface area contributed by atoms with Crippen LogP contribution in [0.1, 0.15) is 29.9 Å². The highest BCUT2D eigenvalue weighted by molar-refractivity contribution is 7.71. The average molecular weight is 353 g/mol. The molecule has 0 spiro atoms. The number of fused-ring (bicyclic) bond motifs is 3. The molecule has 4 rings (SSSR count). The first kappa shape index (κ1) is 15.6. The van der Waals surface area contributed by atoms with Crippen LogP contribution in [0.5, 0.6) is 0 Å². The van der Waals surface area contributed by atoms with Crippen molar-refractivity contribution in [3.8, 4) is 16.8 Å². The van der Waals surface area contributed by atoms with Crippen LogP contribution >= 0.6 is 23.8 Å². The van der Waals surface area contributed by atoms with Gasteiger partial charge in [-0.2, -0.15) is 0 Å². The van der Waals surface area contributed by atoms with Gasteiger partial charge in [-0.15, -0.1) is 0 Å². The second-order valence-corrected chi connectivity index (χ2v) is 8.37. The number of benzene rings is 2. The Morgan fingerprint density at radius 1 is 1.00 bits per heavy atom. The molecule has 0 unspecified atom stereocenters. The minimum Gasteiger partial charge on any atom is -0.375 e. The molecule has 2 nitrogen and oxygen atoms in total. The number of aryl methyl sites for hydroxylation is 2. The van der Waals surface area contributed by atoms with E-state index in [0.29, 0.717) is 0 Å². The Morgan fingerprint density at radius 3 is 2.38 bits per heavy atom. The zero-order valence-corrected chi connectivity index (χ0v) is 15.9. The topological polar surface area (TPSA) is 17.0 Å². The van der Waals surface area contributed by atoms with Crippen LogP contribution in [0.4, 0.5) is 5.69 Å². The Labute approximate surface area is 151 Å². The van der Waals surface area contributed by atoms with Gasteiger partial charge in [0.05, 0.1) is 16.1 Å². The number of hydrogen-bond donors (Lipinski definition) is 1. The first-order chi connectivity index (χ1) is 11.4. The van der Waals surface area contributed by atoms with E-state index in [4.69, 9.17) is 12.2 Å². The second kappa shape index (κ2) is 5.30. The third kappa shape index (κ3) is 2.33. The monoisotopic (exact) mass is 352 g/mol. The van der Waals surface area contributed by atoms with Crippen LogP contribution in [0.3, 0.4) is 0 Å². The van der Waals surface area contributed by atoms with E-state index >= 15 is 0 Å². The molecule has 3 aromatic rings. The van der Waals surface area contributed by atoms with Crippen LogP contribution in [-0.2, 0) is 5.54 Å². The molecule has 0 saturated carbocycles. The molecule has 0 amide bonds. The van der Waals surface area contributed by atoms with E-state index in [0.717, 1.165) is 16.0 Å². The molecule has 122 valence electrons. The number of aromatic nitrogens is 1. The van der Waals surface area contributed by atoms with Crippen LogP contribution in [0.15, 0.2) is 42.5 Å². The van der Waals surface area contributed by atoms with Gasteiger partial charge in [-0.1, -0.05) is 53.1 Å². The molecular weight excluding hydrogens is 332 g/mol. The fourth-order valence-corrected chi connectivity index (χ4v) is 4.91. The summed E-state index contributed by atoms with van der Waals surface area (Å²) in [6.45, 7) is 8.68. The molecule has 2 heterocycles. The van der Waals surface area contributed by atoms with E-state index in [2.05, 4.69) is 79.4 Å². The lowest BCUT2D eigenvalue weighted by Crippen LogP contribution is -2.30. The summed E-state index contributed by atoms with van der Waals surface area (Å²) in [4.78, 5) is 1.30. The van der Waals surface area contributed by atoms with Gasteiger partial charge in [0.1, 0.15) is 4.64 Å². The molecule has 1 aliphatic heterocycles. The third-order valence-electron chi connectivity index (χ3n) is 4.54. The molecule has 1 aliphatic rings. The normalized spacial score (nSPS) is 14.7. The highest BCUT2D eigenvalue weighted by Crippen LogP contribution is 2.47. The SMILES string of the molecule is Cc1ccc(-n2sc3c(c2=S)-c2cc(C)ccc2NC3(C)C)cc1. The molecule has 1 aromatic heterocycles. The Kier molecular flexibility index (Phi) is 3.44. The zero-order valence-electron chi connectivity index (χ0n) is 14.3. The van der Waals surface area contributed by atoms with Gasteiger partial charge in [0.2, 0.25) is 0 Å². The summed E-state index contributed by atoms with van der Waals surface area (Å²) in [6.07, 6.45) is 0. The molecule has 1 N–H and O–H groups in total. The fraction of sp³-hybridized carbons (Fsp3) is 0.250. The highest BCUT2D eigenvalue weighted by Gasteiger charge is 2.34. The highest BCUT2D eigenvalue weighted by atomic mass is 32.1. The standard InChI is InChI=1S/C20H20N2S2/c1-12-5-8-14(9-6-12)22-19(23)17-15-11-13(2)7-10-16(15)21-20(3,4)18(17)24-22/h5-11,21H,1-4H3. The summed E-state index contributed by atoms with van der Waals surface area (Å²) in [5.41, 5.74) is 7.10. The summed E-state index contributed by atoms with van der Waals surface area (Å²) in [5.74, 6) is 0. The van der Waals surface area contributed by atoms with Crippen LogP contribution in [0, 0.1) is 18.5 Å². The molecule has 0 fully saturated rings. The first-order valence-corrected chi connectivity index (χ1v) is 9.28. The minimum atomic E-state index is -0.133. The molecule has 2 aromatic carbocycles. The van der Waals surface area contributed by atoms with Gasteiger partial charge in [-0.25, -0.2) is 0 Å². The van der Waals surface area contributed by atoms with Gasteiger partial charge in [0.15, 0.2) is 0 Å². The second-order valence-electron chi connectivity index (χ2n) is 7.03. The number of nitrogens with one attached hydrogen (secondary N) is 1. The van der Waals surface area contributed by atoms with Gasteiger partial charge >= 0.3 is 0 Å². The lowest BCUT2D eigenvalue weighted by Gasteiger charge is -2.33. The Bertz CT molecular complexity index is 991. The van der Waals surface area contributed by atoms with Gasteiger partial charge in [0, 0.05) is 16.8 Å². The average Bonchev–Trinajstić information content (AvgIpc) is 2.88. The molecule has 0 aliphatic carbocycles. The van der Waals surface area contributed by atoms with E-state index in [1.807, 2.05) is 0 Å². The summed E-state index contributed by atoms with van der Waals surface area (Å²) in [5, 5.41) is 3.67. The molecule has 0 atom stereocenters. The van der Waals surface area contributed by atoms with Crippen molar-refractivity contribution < 1.29 is 0 Å². The predicted molar refractivity (Wildman–Crippen MR) is 106 cm³/mol. The van der Waals surface area contributed by atoms with Crippen molar-refractivity contribution in [1.29, 1.82) is 0 Å². The maximum Gasteiger partial charge on any atom is 0.129 e. The first-order valence-electron chi connectivity index (χ1n) is 8.10. The smallest absolute Gasteiger partial charge is 0.129 e. The molecule has 0 saturated heterocycles. The minimum absolute atomic E-state index is 0.133.